The maximum atomic E-state index is 13.4. The Hall–Kier alpha value is -1.62. The minimum absolute atomic E-state index is 0.249. The van der Waals surface area contributed by atoms with Gasteiger partial charge in [-0.25, -0.2) is 4.39 Å². The largest absolute Gasteiger partial charge is 0.507 e. The molecule has 1 amide bonds. The van der Waals surface area contributed by atoms with Crippen molar-refractivity contribution in [1.29, 1.82) is 0 Å². The second kappa shape index (κ2) is 6.20. The summed E-state index contributed by atoms with van der Waals surface area (Å²) in [4.78, 5) is 11.7. The van der Waals surface area contributed by atoms with E-state index in [1.165, 1.54) is 12.1 Å². The zero-order valence-electron chi connectivity index (χ0n) is 9.87. The number of rotatable bonds is 5. The predicted molar refractivity (Wildman–Crippen MR) is 61.5 cm³/mol. The van der Waals surface area contributed by atoms with Gasteiger partial charge in [-0.2, -0.15) is 0 Å². The third-order valence-corrected chi connectivity index (χ3v) is 2.17. The molecule has 2 N–H and O–H groups in total. The number of ether oxygens (including phenoxy) is 1. The highest BCUT2D eigenvalue weighted by Gasteiger charge is 2.17. The number of halogens is 1. The topological polar surface area (TPSA) is 58.6 Å². The molecule has 1 atom stereocenters. The molecular weight excluding hydrogens is 225 g/mol. The Kier molecular flexibility index (Phi) is 4.90. The number of phenolic OH excluding ortho intramolecular Hbond substituents is 1. The summed E-state index contributed by atoms with van der Waals surface area (Å²) < 4.78 is 18.5. The molecule has 0 aliphatic rings. The van der Waals surface area contributed by atoms with Crippen molar-refractivity contribution in [3.63, 3.8) is 0 Å². The summed E-state index contributed by atoms with van der Waals surface area (Å²) >= 11 is 0. The first-order chi connectivity index (χ1) is 8.06. The number of nitrogens with one attached hydrogen (secondary N) is 1. The number of carbonyl (C=O) groups is 1. The molecule has 0 spiro atoms. The molecule has 1 rings (SSSR count). The van der Waals surface area contributed by atoms with Gasteiger partial charge < -0.3 is 15.2 Å². The molecule has 94 valence electrons. The Morgan fingerprint density at radius 2 is 2.29 bits per heavy atom. The minimum atomic E-state index is -0.744. The van der Waals surface area contributed by atoms with Crippen molar-refractivity contribution >= 4 is 5.91 Å². The van der Waals surface area contributed by atoms with Crippen LogP contribution in [-0.4, -0.2) is 30.3 Å². The van der Waals surface area contributed by atoms with Crippen molar-refractivity contribution in [1.82, 2.24) is 5.32 Å². The van der Waals surface area contributed by atoms with Gasteiger partial charge in [0.25, 0.3) is 5.91 Å². The van der Waals surface area contributed by atoms with Crippen LogP contribution in [-0.2, 0) is 4.74 Å². The molecule has 0 heterocycles. The molecule has 0 saturated carbocycles. The predicted octanol–water partition coefficient (Wildman–Crippen LogP) is 1.69. The Morgan fingerprint density at radius 3 is 2.88 bits per heavy atom. The number of aromatic hydroxyl groups is 1. The molecule has 0 bridgehead atoms. The maximum absolute atomic E-state index is 13.4. The summed E-state index contributed by atoms with van der Waals surface area (Å²) in [5.41, 5.74) is -0.337. The first-order valence-electron chi connectivity index (χ1n) is 5.42. The van der Waals surface area contributed by atoms with Gasteiger partial charge in [-0.15, -0.1) is 0 Å². The van der Waals surface area contributed by atoms with Crippen molar-refractivity contribution in [2.75, 3.05) is 13.2 Å². The van der Waals surface area contributed by atoms with E-state index >= 15 is 0 Å². The molecule has 5 heteroatoms. The van der Waals surface area contributed by atoms with E-state index in [2.05, 4.69) is 5.32 Å². The fourth-order valence-corrected chi connectivity index (χ4v) is 1.37. The second-order valence-corrected chi connectivity index (χ2v) is 3.67. The van der Waals surface area contributed by atoms with Crippen LogP contribution < -0.4 is 5.32 Å². The summed E-state index contributed by atoms with van der Waals surface area (Å²) in [6, 6.07) is 3.49. The average molecular weight is 241 g/mol. The quantitative estimate of drug-likeness (QED) is 0.824. The molecule has 1 unspecified atom stereocenters. The fraction of sp³-hybridized carbons (Fsp3) is 0.417. The molecular formula is C12H16FNO3. The summed E-state index contributed by atoms with van der Waals surface area (Å²) in [5.74, 6) is -1.76. The van der Waals surface area contributed by atoms with Gasteiger partial charge in [0.2, 0.25) is 0 Å². The summed E-state index contributed by atoms with van der Waals surface area (Å²) in [5, 5.41) is 12.0. The van der Waals surface area contributed by atoms with E-state index in [0.717, 1.165) is 6.07 Å². The summed E-state index contributed by atoms with van der Waals surface area (Å²) in [6.07, 6.45) is 0. The molecule has 4 nitrogen and oxygen atoms in total. The van der Waals surface area contributed by atoms with Gasteiger partial charge in [-0.3, -0.25) is 4.79 Å². The van der Waals surface area contributed by atoms with Crippen LogP contribution in [0.2, 0.25) is 0 Å². The van der Waals surface area contributed by atoms with E-state index in [4.69, 9.17) is 4.74 Å². The molecule has 1 aromatic rings. The lowest BCUT2D eigenvalue weighted by Gasteiger charge is -2.14. The molecule has 17 heavy (non-hydrogen) atoms. The van der Waals surface area contributed by atoms with Crippen LogP contribution in [0.4, 0.5) is 4.39 Å². The van der Waals surface area contributed by atoms with E-state index in [9.17, 15) is 14.3 Å². The lowest BCUT2D eigenvalue weighted by atomic mass is 10.1. The van der Waals surface area contributed by atoms with Gasteiger partial charge in [-0.1, -0.05) is 6.07 Å². The van der Waals surface area contributed by atoms with E-state index < -0.39 is 11.7 Å². The number of benzene rings is 1. The van der Waals surface area contributed by atoms with Gasteiger partial charge in [0, 0.05) is 12.6 Å². The second-order valence-electron chi connectivity index (χ2n) is 3.67. The molecule has 1 aromatic carbocycles. The van der Waals surface area contributed by atoms with Crippen LogP contribution in [0.25, 0.3) is 0 Å². The Balaban J connectivity index is 2.70. The van der Waals surface area contributed by atoms with Crippen LogP contribution in [0.3, 0.4) is 0 Å². The lowest BCUT2D eigenvalue weighted by molar-refractivity contribution is 0.0865. The Morgan fingerprint density at radius 1 is 1.59 bits per heavy atom. The number of hydrogen-bond acceptors (Lipinski definition) is 3. The molecule has 0 saturated heterocycles. The molecule has 0 fully saturated rings. The molecule has 0 aliphatic heterocycles. The molecule has 0 radical (unpaired) electrons. The summed E-state index contributed by atoms with van der Waals surface area (Å²) in [6.45, 7) is 4.48. The van der Waals surface area contributed by atoms with E-state index in [0.29, 0.717) is 13.2 Å². The van der Waals surface area contributed by atoms with Crippen LogP contribution >= 0.6 is 0 Å². The van der Waals surface area contributed by atoms with Crippen LogP contribution in [0.5, 0.6) is 5.75 Å². The van der Waals surface area contributed by atoms with Crippen molar-refractivity contribution < 1.29 is 19.0 Å². The molecule has 0 aromatic heterocycles. The van der Waals surface area contributed by atoms with Crippen LogP contribution in [0.1, 0.15) is 24.2 Å². The van der Waals surface area contributed by atoms with Gasteiger partial charge in [0.05, 0.1) is 6.61 Å². The monoisotopic (exact) mass is 241 g/mol. The number of phenols is 1. The maximum Gasteiger partial charge on any atom is 0.258 e. The summed E-state index contributed by atoms with van der Waals surface area (Å²) in [7, 11) is 0. The van der Waals surface area contributed by atoms with Gasteiger partial charge in [-0.05, 0) is 26.0 Å². The lowest BCUT2D eigenvalue weighted by Crippen LogP contribution is -2.36. The van der Waals surface area contributed by atoms with Crippen molar-refractivity contribution in [2.24, 2.45) is 0 Å². The third-order valence-electron chi connectivity index (χ3n) is 2.17. The van der Waals surface area contributed by atoms with E-state index in [1.807, 2.05) is 6.92 Å². The third kappa shape index (κ3) is 3.71. The first-order valence-corrected chi connectivity index (χ1v) is 5.42. The van der Waals surface area contributed by atoms with Crippen LogP contribution in [0.15, 0.2) is 18.2 Å². The first kappa shape index (κ1) is 13.4. The van der Waals surface area contributed by atoms with E-state index in [-0.39, 0.29) is 17.4 Å². The SMILES string of the molecule is CCOCC(C)NC(=O)c1c(O)cccc1F. The zero-order valence-corrected chi connectivity index (χ0v) is 9.87. The van der Waals surface area contributed by atoms with Crippen molar-refractivity contribution in [3.8, 4) is 5.75 Å². The Bertz CT molecular complexity index is 375. The highest BCUT2D eigenvalue weighted by Crippen LogP contribution is 2.19. The number of carbonyl (C=O) groups excluding carboxylic acids is 1. The zero-order chi connectivity index (χ0) is 12.8. The van der Waals surface area contributed by atoms with Gasteiger partial charge >= 0.3 is 0 Å². The standard InChI is InChI=1S/C12H16FNO3/c1-3-17-7-8(2)14-12(16)11-9(13)5-4-6-10(11)15/h4-6,8,15H,3,7H2,1-2H3,(H,14,16). The normalized spacial score (nSPS) is 12.2. The minimum Gasteiger partial charge on any atom is -0.507 e. The molecule has 0 aliphatic carbocycles. The van der Waals surface area contributed by atoms with Crippen LogP contribution in [0, 0.1) is 5.82 Å². The smallest absolute Gasteiger partial charge is 0.258 e. The fourth-order valence-electron chi connectivity index (χ4n) is 1.37. The number of hydrogen-bond donors (Lipinski definition) is 2. The van der Waals surface area contributed by atoms with Gasteiger partial charge in [0.15, 0.2) is 0 Å². The average Bonchev–Trinajstić information content (AvgIpc) is 2.26. The van der Waals surface area contributed by atoms with Crippen molar-refractivity contribution in [3.05, 3.63) is 29.6 Å². The van der Waals surface area contributed by atoms with E-state index in [1.54, 1.807) is 6.92 Å². The highest BCUT2D eigenvalue weighted by molar-refractivity contribution is 5.97. The van der Waals surface area contributed by atoms with Crippen molar-refractivity contribution in [2.45, 2.75) is 19.9 Å². The Labute approximate surface area is 99.4 Å². The highest BCUT2D eigenvalue weighted by atomic mass is 19.1. The number of amides is 1. The van der Waals surface area contributed by atoms with Gasteiger partial charge in [0.1, 0.15) is 17.1 Å².